The normalized spacial score (nSPS) is 15.0. The van der Waals surface area contributed by atoms with Gasteiger partial charge in [-0.05, 0) is 19.4 Å². The Morgan fingerprint density at radius 1 is 1.47 bits per heavy atom. The molecule has 1 aliphatic heterocycles. The Morgan fingerprint density at radius 3 is 3.05 bits per heavy atom. The van der Waals surface area contributed by atoms with E-state index in [1.54, 1.807) is 22.4 Å². The number of nitrogens with zero attached hydrogens (tertiary/aromatic N) is 3. The van der Waals surface area contributed by atoms with Gasteiger partial charge in [-0.15, -0.1) is 11.3 Å². The van der Waals surface area contributed by atoms with E-state index in [2.05, 4.69) is 15.3 Å². The van der Waals surface area contributed by atoms with Crippen molar-refractivity contribution in [1.29, 1.82) is 0 Å². The van der Waals surface area contributed by atoms with Gasteiger partial charge in [0.2, 0.25) is 5.91 Å². The number of anilines is 3. The number of hydrogen-bond donors (Lipinski definition) is 1. The second-order valence-electron chi connectivity index (χ2n) is 4.47. The molecule has 0 aliphatic carbocycles. The van der Waals surface area contributed by atoms with Gasteiger partial charge >= 0.3 is 0 Å². The Kier molecular flexibility index (Phi) is 3.16. The number of carbonyl (C=O) groups is 1. The summed E-state index contributed by atoms with van der Waals surface area (Å²) in [5.41, 5.74) is 1.90. The van der Waals surface area contributed by atoms with Gasteiger partial charge in [0.05, 0.1) is 5.69 Å². The minimum Gasteiger partial charge on any atom is -0.331 e. The van der Waals surface area contributed by atoms with Crippen molar-refractivity contribution < 1.29 is 4.79 Å². The molecule has 0 unspecified atom stereocenters. The Labute approximate surface area is 115 Å². The summed E-state index contributed by atoms with van der Waals surface area (Å²) in [5, 5.41) is 6.08. The molecule has 2 aromatic rings. The van der Waals surface area contributed by atoms with Gasteiger partial charge in [0, 0.05) is 36.3 Å². The molecule has 3 rings (SSSR count). The van der Waals surface area contributed by atoms with E-state index < -0.39 is 0 Å². The van der Waals surface area contributed by atoms with Gasteiger partial charge in [0.15, 0.2) is 5.13 Å². The minimum absolute atomic E-state index is 0.148. The van der Waals surface area contributed by atoms with Crippen molar-refractivity contribution in [3.8, 4) is 0 Å². The molecule has 0 spiro atoms. The van der Waals surface area contributed by atoms with Crippen LogP contribution in [0, 0.1) is 6.92 Å². The molecule has 3 heterocycles. The van der Waals surface area contributed by atoms with E-state index >= 15 is 0 Å². The average Bonchev–Trinajstić information content (AvgIpc) is 2.99. The average molecular weight is 274 g/mol. The number of hydrogen-bond acceptors (Lipinski definition) is 5. The van der Waals surface area contributed by atoms with Crippen LogP contribution in [-0.2, 0) is 4.79 Å². The third-order valence-corrected chi connectivity index (χ3v) is 3.84. The Balaban J connectivity index is 1.81. The Morgan fingerprint density at radius 2 is 2.37 bits per heavy atom. The van der Waals surface area contributed by atoms with Crippen molar-refractivity contribution in [2.75, 3.05) is 16.8 Å². The second-order valence-corrected chi connectivity index (χ2v) is 5.33. The highest BCUT2D eigenvalue weighted by atomic mass is 32.1. The van der Waals surface area contributed by atoms with Crippen molar-refractivity contribution in [2.24, 2.45) is 0 Å². The van der Waals surface area contributed by atoms with Crippen molar-refractivity contribution in [2.45, 2.75) is 19.8 Å². The lowest BCUT2D eigenvalue weighted by molar-refractivity contribution is -0.117. The molecule has 1 aliphatic rings. The fourth-order valence-corrected chi connectivity index (χ4v) is 2.78. The lowest BCUT2D eigenvalue weighted by atomic mass is 10.3. The molecule has 1 saturated heterocycles. The number of amides is 1. The van der Waals surface area contributed by atoms with Crippen LogP contribution in [0.5, 0.6) is 0 Å². The summed E-state index contributed by atoms with van der Waals surface area (Å²) < 4.78 is 0. The first-order valence-corrected chi connectivity index (χ1v) is 7.06. The predicted molar refractivity (Wildman–Crippen MR) is 76.0 cm³/mol. The summed E-state index contributed by atoms with van der Waals surface area (Å²) in [6, 6.07) is 3.76. The number of rotatable bonds is 3. The van der Waals surface area contributed by atoms with Crippen LogP contribution >= 0.6 is 11.3 Å². The van der Waals surface area contributed by atoms with Crippen molar-refractivity contribution >= 4 is 33.9 Å². The van der Waals surface area contributed by atoms with E-state index in [1.165, 1.54) is 0 Å². The zero-order valence-corrected chi connectivity index (χ0v) is 11.4. The largest absolute Gasteiger partial charge is 0.331 e. The van der Waals surface area contributed by atoms with Crippen molar-refractivity contribution in [3.63, 3.8) is 0 Å². The molecule has 2 aromatic heterocycles. The summed E-state index contributed by atoms with van der Waals surface area (Å²) in [7, 11) is 0. The maximum Gasteiger partial charge on any atom is 0.228 e. The zero-order valence-electron chi connectivity index (χ0n) is 10.6. The SMILES string of the molecule is Cc1csc(Nc2ccnc(N3CCCC3=O)c2)n1. The molecule has 1 N–H and O–H groups in total. The molecule has 1 fully saturated rings. The molecule has 0 aromatic carbocycles. The van der Waals surface area contributed by atoms with E-state index in [-0.39, 0.29) is 5.91 Å². The van der Waals surface area contributed by atoms with Crippen molar-refractivity contribution in [1.82, 2.24) is 9.97 Å². The summed E-state index contributed by atoms with van der Waals surface area (Å²) >= 11 is 1.56. The quantitative estimate of drug-likeness (QED) is 0.935. The van der Waals surface area contributed by atoms with Gasteiger partial charge in [0.1, 0.15) is 5.82 Å². The summed E-state index contributed by atoms with van der Waals surface area (Å²) in [6.07, 6.45) is 3.23. The molecule has 0 saturated carbocycles. The molecule has 0 bridgehead atoms. The predicted octanol–water partition coefficient (Wildman–Crippen LogP) is 2.72. The first-order valence-electron chi connectivity index (χ1n) is 6.18. The van der Waals surface area contributed by atoms with E-state index in [4.69, 9.17) is 0 Å². The standard InChI is InChI=1S/C13H14N4OS/c1-9-8-19-13(15-9)16-10-4-5-14-11(7-10)17-6-2-3-12(17)18/h4-5,7-8H,2-3,6H2,1H3,(H,14,15,16). The van der Waals surface area contributed by atoms with Crippen LogP contribution in [0.3, 0.4) is 0 Å². The second kappa shape index (κ2) is 4.97. The lowest BCUT2D eigenvalue weighted by Gasteiger charge is -2.15. The van der Waals surface area contributed by atoms with Crippen LogP contribution in [0.25, 0.3) is 0 Å². The minimum atomic E-state index is 0.148. The fourth-order valence-electron chi connectivity index (χ4n) is 2.07. The fraction of sp³-hybridized carbons (Fsp3) is 0.308. The van der Waals surface area contributed by atoms with Gasteiger partial charge in [-0.2, -0.15) is 0 Å². The lowest BCUT2D eigenvalue weighted by Crippen LogP contribution is -2.24. The molecular weight excluding hydrogens is 260 g/mol. The van der Waals surface area contributed by atoms with Gasteiger partial charge in [-0.1, -0.05) is 0 Å². The molecule has 98 valence electrons. The number of aromatic nitrogens is 2. The summed E-state index contributed by atoms with van der Waals surface area (Å²) in [5.74, 6) is 0.857. The maximum absolute atomic E-state index is 11.7. The summed E-state index contributed by atoms with van der Waals surface area (Å²) in [4.78, 5) is 22.1. The van der Waals surface area contributed by atoms with Crippen LogP contribution in [-0.4, -0.2) is 22.4 Å². The highest BCUT2D eigenvalue weighted by Crippen LogP contribution is 2.25. The Bertz CT molecular complexity index is 610. The number of carbonyl (C=O) groups excluding carboxylic acids is 1. The van der Waals surface area contributed by atoms with Gasteiger partial charge in [-0.3, -0.25) is 9.69 Å². The molecule has 0 radical (unpaired) electrons. The monoisotopic (exact) mass is 274 g/mol. The topological polar surface area (TPSA) is 58.1 Å². The molecule has 1 amide bonds. The van der Waals surface area contributed by atoms with E-state index in [0.717, 1.165) is 29.5 Å². The number of nitrogens with one attached hydrogen (secondary N) is 1. The highest BCUT2D eigenvalue weighted by Gasteiger charge is 2.22. The van der Waals surface area contributed by atoms with E-state index in [0.29, 0.717) is 12.2 Å². The van der Waals surface area contributed by atoms with Crippen LogP contribution in [0.2, 0.25) is 0 Å². The van der Waals surface area contributed by atoms with Gasteiger partial charge in [0.25, 0.3) is 0 Å². The third-order valence-electron chi connectivity index (χ3n) is 2.97. The molecule has 19 heavy (non-hydrogen) atoms. The molecular formula is C13H14N4OS. The number of pyridine rings is 1. The highest BCUT2D eigenvalue weighted by molar-refractivity contribution is 7.13. The maximum atomic E-state index is 11.7. The molecule has 6 heteroatoms. The van der Waals surface area contributed by atoms with E-state index in [1.807, 2.05) is 24.4 Å². The van der Waals surface area contributed by atoms with Gasteiger partial charge in [-0.25, -0.2) is 9.97 Å². The van der Waals surface area contributed by atoms with Gasteiger partial charge < -0.3 is 5.32 Å². The number of thiazole rings is 1. The molecule has 0 atom stereocenters. The number of aryl methyl sites for hydroxylation is 1. The summed E-state index contributed by atoms with van der Waals surface area (Å²) in [6.45, 7) is 2.72. The van der Waals surface area contributed by atoms with Crippen LogP contribution in [0.1, 0.15) is 18.5 Å². The first kappa shape index (κ1) is 12.1. The molecule has 5 nitrogen and oxygen atoms in total. The Hall–Kier alpha value is -1.95. The van der Waals surface area contributed by atoms with E-state index in [9.17, 15) is 4.79 Å². The van der Waals surface area contributed by atoms with Crippen LogP contribution in [0.4, 0.5) is 16.6 Å². The smallest absolute Gasteiger partial charge is 0.228 e. The zero-order chi connectivity index (χ0) is 13.2. The first-order chi connectivity index (χ1) is 9.22. The van der Waals surface area contributed by atoms with Crippen LogP contribution < -0.4 is 10.2 Å². The van der Waals surface area contributed by atoms with Crippen LogP contribution in [0.15, 0.2) is 23.7 Å². The third kappa shape index (κ3) is 2.58. The van der Waals surface area contributed by atoms with Crippen molar-refractivity contribution in [3.05, 3.63) is 29.4 Å².